The minimum atomic E-state index is -4.65. The Morgan fingerprint density at radius 2 is 1.60 bits per heavy atom. The first-order valence-corrected chi connectivity index (χ1v) is 9.87. The van der Waals surface area contributed by atoms with Gasteiger partial charge in [-0.3, -0.25) is 0 Å². The van der Waals surface area contributed by atoms with Crippen LogP contribution in [0.1, 0.15) is 57.4 Å². The van der Waals surface area contributed by atoms with Gasteiger partial charge in [-0.1, -0.05) is 56.7 Å². The molecule has 0 saturated carbocycles. The zero-order valence-corrected chi connectivity index (χ0v) is 15.4. The molecule has 0 unspecified atom stereocenters. The van der Waals surface area contributed by atoms with E-state index in [2.05, 4.69) is 12.0 Å². The van der Waals surface area contributed by atoms with Gasteiger partial charge in [0.2, 0.25) is 0 Å². The predicted octanol–water partition coefficient (Wildman–Crippen LogP) is 4.94. The van der Waals surface area contributed by atoms with E-state index in [-0.39, 0.29) is 11.3 Å². The van der Waals surface area contributed by atoms with Crippen LogP contribution in [-0.4, -0.2) is 20.3 Å². The van der Waals surface area contributed by atoms with Crippen LogP contribution >= 0.6 is 0 Å². The number of halogens is 3. The molecule has 0 aromatic heterocycles. The number of benzene rings is 1. The van der Waals surface area contributed by atoms with Crippen LogP contribution in [0, 0.1) is 6.92 Å². The summed E-state index contributed by atoms with van der Waals surface area (Å²) in [6, 6.07) is 5.79. The molecule has 0 aliphatic heterocycles. The van der Waals surface area contributed by atoms with E-state index in [0.29, 0.717) is 12.8 Å². The van der Waals surface area contributed by atoms with Crippen molar-refractivity contribution in [1.82, 2.24) is 4.83 Å². The van der Waals surface area contributed by atoms with E-state index in [1.54, 1.807) is 23.9 Å². The van der Waals surface area contributed by atoms with Crippen LogP contribution in [0.5, 0.6) is 0 Å². The summed E-state index contributed by atoms with van der Waals surface area (Å²) in [5.74, 6) is 0. The summed E-state index contributed by atoms with van der Waals surface area (Å²) in [4.78, 5) is 1.58. The summed E-state index contributed by atoms with van der Waals surface area (Å²) in [5.41, 5.74) is -0.250. The van der Waals surface area contributed by atoms with E-state index in [1.807, 2.05) is 0 Å². The van der Waals surface area contributed by atoms with E-state index >= 15 is 0 Å². The predicted molar refractivity (Wildman–Crippen MR) is 93.0 cm³/mol. The fourth-order valence-electron chi connectivity index (χ4n) is 2.22. The lowest BCUT2D eigenvalue weighted by Gasteiger charge is -2.11. The molecule has 0 saturated heterocycles. The topological polar surface area (TPSA) is 58.5 Å². The van der Waals surface area contributed by atoms with Crippen molar-refractivity contribution in [3.63, 3.8) is 0 Å². The van der Waals surface area contributed by atoms with Crippen LogP contribution in [-0.2, 0) is 10.0 Å². The van der Waals surface area contributed by atoms with E-state index in [4.69, 9.17) is 0 Å². The molecule has 0 aliphatic rings. The average Bonchev–Trinajstić information content (AvgIpc) is 2.52. The third-order valence-corrected chi connectivity index (χ3v) is 4.95. The smallest absolute Gasteiger partial charge is 0.200 e. The molecule has 0 aliphatic carbocycles. The number of nitrogens with zero attached hydrogens (tertiary/aromatic N) is 1. The Kier molecular flexibility index (Phi) is 8.41. The Hall–Kier alpha value is -1.57. The Morgan fingerprint density at radius 1 is 1.04 bits per heavy atom. The molecule has 25 heavy (non-hydrogen) atoms. The lowest BCUT2D eigenvalue weighted by atomic mass is 10.1. The minimum absolute atomic E-state index is 0.122. The van der Waals surface area contributed by atoms with Crippen molar-refractivity contribution >= 4 is 15.7 Å². The Balaban J connectivity index is 2.70. The number of sulfonamides is 1. The summed E-state index contributed by atoms with van der Waals surface area (Å²) in [6.45, 7) is 3.85. The maximum absolute atomic E-state index is 13.0. The van der Waals surface area contributed by atoms with Gasteiger partial charge in [-0.05, 0) is 31.9 Å². The molecular weight excluding hydrogens is 353 g/mol. The van der Waals surface area contributed by atoms with Gasteiger partial charge in [0, 0.05) is 0 Å². The number of alkyl halides is 3. The standard InChI is InChI=1S/C17H25F3N2O2S/c1-3-4-5-6-7-8-9-16(17(18,19)20)21-22-25(23,24)15-12-10-14(2)11-13-15/h10-13,22H,3-9H2,1-2H3/b21-16+. The Labute approximate surface area is 147 Å². The molecule has 8 heteroatoms. The number of hydrazone groups is 1. The van der Waals surface area contributed by atoms with Crippen LogP contribution < -0.4 is 4.83 Å². The van der Waals surface area contributed by atoms with Crippen molar-refractivity contribution in [2.24, 2.45) is 5.10 Å². The average molecular weight is 378 g/mol. The molecule has 4 nitrogen and oxygen atoms in total. The third kappa shape index (κ3) is 7.90. The highest BCUT2D eigenvalue weighted by atomic mass is 32.2. The van der Waals surface area contributed by atoms with E-state index in [1.165, 1.54) is 12.1 Å². The Bertz CT molecular complexity index is 653. The van der Waals surface area contributed by atoms with Crippen LogP contribution in [0.3, 0.4) is 0 Å². The lowest BCUT2D eigenvalue weighted by Crippen LogP contribution is -2.28. The lowest BCUT2D eigenvalue weighted by molar-refractivity contribution is -0.0609. The SMILES string of the molecule is CCCCCCCC/C(=N\NS(=O)(=O)c1ccc(C)cc1)C(F)(F)F. The summed E-state index contributed by atoms with van der Waals surface area (Å²) in [5, 5.41) is 3.15. The second kappa shape index (κ2) is 9.79. The second-order valence-electron chi connectivity index (χ2n) is 5.98. The molecule has 0 fully saturated rings. The molecule has 0 spiro atoms. The molecule has 1 aromatic carbocycles. The molecule has 0 heterocycles. The number of nitrogens with one attached hydrogen (secondary N) is 1. The van der Waals surface area contributed by atoms with E-state index in [0.717, 1.165) is 31.2 Å². The normalized spacial score (nSPS) is 13.1. The first-order valence-electron chi connectivity index (χ1n) is 8.39. The molecule has 0 atom stereocenters. The number of rotatable bonds is 10. The second-order valence-corrected chi connectivity index (χ2v) is 7.64. The van der Waals surface area contributed by atoms with Gasteiger partial charge in [0.15, 0.2) is 0 Å². The summed E-state index contributed by atoms with van der Waals surface area (Å²) in [6.07, 6.45) is 0.0368. The largest absolute Gasteiger partial charge is 0.431 e. The van der Waals surface area contributed by atoms with Crippen molar-refractivity contribution in [3.8, 4) is 0 Å². The molecule has 0 bridgehead atoms. The van der Waals surface area contributed by atoms with Gasteiger partial charge in [0.05, 0.1) is 4.90 Å². The van der Waals surface area contributed by atoms with Crippen molar-refractivity contribution in [2.45, 2.75) is 69.9 Å². The van der Waals surface area contributed by atoms with Gasteiger partial charge in [0.25, 0.3) is 10.0 Å². The van der Waals surface area contributed by atoms with Crippen LogP contribution in [0.15, 0.2) is 34.3 Å². The molecular formula is C17H25F3N2O2S. The number of aryl methyl sites for hydroxylation is 1. The summed E-state index contributed by atoms with van der Waals surface area (Å²) >= 11 is 0. The van der Waals surface area contributed by atoms with Gasteiger partial charge < -0.3 is 0 Å². The zero-order valence-electron chi connectivity index (χ0n) is 14.6. The van der Waals surface area contributed by atoms with Crippen LogP contribution in [0.2, 0.25) is 0 Å². The first kappa shape index (κ1) is 21.5. The van der Waals surface area contributed by atoms with Gasteiger partial charge in [-0.15, -0.1) is 0 Å². The number of unbranched alkanes of at least 4 members (excludes halogenated alkanes) is 5. The molecule has 0 amide bonds. The number of hydrogen-bond donors (Lipinski definition) is 1. The molecule has 1 rings (SSSR count). The summed E-state index contributed by atoms with van der Waals surface area (Å²) < 4.78 is 63.1. The Morgan fingerprint density at radius 3 is 2.16 bits per heavy atom. The molecule has 1 aromatic rings. The monoisotopic (exact) mass is 378 g/mol. The molecule has 142 valence electrons. The molecule has 0 radical (unpaired) electrons. The quantitative estimate of drug-likeness (QED) is 0.356. The highest BCUT2D eigenvalue weighted by Crippen LogP contribution is 2.22. The van der Waals surface area contributed by atoms with Crippen molar-refractivity contribution < 1.29 is 21.6 Å². The van der Waals surface area contributed by atoms with Crippen molar-refractivity contribution in [3.05, 3.63) is 29.8 Å². The molecule has 1 N–H and O–H groups in total. The first-order chi connectivity index (χ1) is 11.7. The highest BCUT2D eigenvalue weighted by molar-refractivity contribution is 7.89. The van der Waals surface area contributed by atoms with Gasteiger partial charge in [0.1, 0.15) is 5.71 Å². The zero-order chi connectivity index (χ0) is 18.9. The maximum Gasteiger partial charge on any atom is 0.431 e. The van der Waals surface area contributed by atoms with Gasteiger partial charge in [-0.2, -0.15) is 31.5 Å². The van der Waals surface area contributed by atoms with Crippen LogP contribution in [0.25, 0.3) is 0 Å². The van der Waals surface area contributed by atoms with Gasteiger partial charge >= 0.3 is 6.18 Å². The van der Waals surface area contributed by atoms with Gasteiger partial charge in [-0.25, -0.2) is 0 Å². The van der Waals surface area contributed by atoms with Crippen molar-refractivity contribution in [1.29, 1.82) is 0 Å². The fourth-order valence-corrected chi connectivity index (χ4v) is 3.05. The van der Waals surface area contributed by atoms with E-state index < -0.39 is 21.9 Å². The maximum atomic E-state index is 13.0. The van der Waals surface area contributed by atoms with Crippen molar-refractivity contribution in [2.75, 3.05) is 0 Å². The fraction of sp³-hybridized carbons (Fsp3) is 0.588. The summed E-state index contributed by atoms with van der Waals surface area (Å²) in [7, 11) is -4.11. The number of hydrogen-bond acceptors (Lipinski definition) is 3. The van der Waals surface area contributed by atoms with Crippen LogP contribution in [0.4, 0.5) is 13.2 Å². The third-order valence-electron chi connectivity index (χ3n) is 3.73. The minimum Gasteiger partial charge on any atom is -0.200 e. The highest BCUT2D eigenvalue weighted by Gasteiger charge is 2.35. The van der Waals surface area contributed by atoms with E-state index in [9.17, 15) is 21.6 Å².